The largest absolute Gasteiger partial charge is 0.481 e. The fraction of sp³-hybridized carbons (Fsp3) is 0.579. The number of carboxylic acids is 1. The molecule has 2 heterocycles. The number of aromatic nitrogens is 3. The zero-order valence-electron chi connectivity index (χ0n) is 14.4. The molecule has 1 saturated carbocycles. The number of pyridine rings is 1. The molecule has 6 heteroatoms. The first kappa shape index (κ1) is 17.6. The first-order valence-corrected chi connectivity index (χ1v) is 9.19. The maximum atomic E-state index is 11.2. The topological polar surface area (TPSA) is 89.1 Å². The zero-order valence-corrected chi connectivity index (χ0v) is 14.4. The molecule has 1 atom stereocenters. The van der Waals surface area contributed by atoms with Crippen LogP contribution < -0.4 is 0 Å². The number of carboxylic acid groups (broad SMARTS) is 1. The highest BCUT2D eigenvalue weighted by molar-refractivity contribution is 5.67. The molecule has 6 nitrogen and oxygen atoms in total. The summed E-state index contributed by atoms with van der Waals surface area (Å²) in [7, 11) is 0. The third-order valence-electron chi connectivity index (χ3n) is 5.00. The van der Waals surface area contributed by atoms with E-state index >= 15 is 0 Å². The fourth-order valence-electron chi connectivity index (χ4n) is 3.65. The second-order valence-electron chi connectivity index (χ2n) is 6.90. The fourth-order valence-corrected chi connectivity index (χ4v) is 3.65. The molecule has 2 aromatic rings. The van der Waals surface area contributed by atoms with Crippen molar-refractivity contribution in [1.82, 2.24) is 15.1 Å². The van der Waals surface area contributed by atoms with Crippen LogP contribution in [0.15, 0.2) is 28.9 Å². The number of hydrogen-bond acceptors (Lipinski definition) is 5. The second kappa shape index (κ2) is 8.74. The van der Waals surface area contributed by atoms with Gasteiger partial charge in [0.15, 0.2) is 0 Å². The summed E-state index contributed by atoms with van der Waals surface area (Å²) in [5.74, 6) is 0.558. The van der Waals surface area contributed by atoms with Gasteiger partial charge in [-0.1, -0.05) is 56.2 Å². The van der Waals surface area contributed by atoms with E-state index in [1.807, 2.05) is 18.2 Å². The van der Waals surface area contributed by atoms with Gasteiger partial charge < -0.3 is 9.63 Å². The predicted molar refractivity (Wildman–Crippen MR) is 92.9 cm³/mol. The molecule has 1 aliphatic carbocycles. The van der Waals surface area contributed by atoms with Gasteiger partial charge in [-0.2, -0.15) is 4.98 Å². The van der Waals surface area contributed by atoms with Gasteiger partial charge in [0.1, 0.15) is 5.69 Å². The Morgan fingerprint density at radius 3 is 2.84 bits per heavy atom. The number of hydrogen-bond donors (Lipinski definition) is 1. The van der Waals surface area contributed by atoms with E-state index in [-0.39, 0.29) is 12.3 Å². The molecule has 0 aliphatic heterocycles. The van der Waals surface area contributed by atoms with Crippen molar-refractivity contribution in [3.63, 3.8) is 0 Å². The van der Waals surface area contributed by atoms with Crippen LogP contribution in [0.5, 0.6) is 0 Å². The second-order valence-corrected chi connectivity index (χ2v) is 6.90. The van der Waals surface area contributed by atoms with Gasteiger partial charge in [-0.05, 0) is 24.5 Å². The molecule has 1 aliphatic rings. The molecule has 1 unspecified atom stereocenters. The molecule has 0 saturated heterocycles. The summed E-state index contributed by atoms with van der Waals surface area (Å²) in [5.41, 5.74) is 0.633. The van der Waals surface area contributed by atoms with Crippen LogP contribution in [0.3, 0.4) is 0 Å². The molecule has 0 radical (unpaired) electrons. The minimum Gasteiger partial charge on any atom is -0.481 e. The van der Waals surface area contributed by atoms with Crippen LogP contribution in [0.25, 0.3) is 11.5 Å². The molecular formula is C19H25N3O3. The van der Waals surface area contributed by atoms with Gasteiger partial charge in [-0.15, -0.1) is 0 Å². The maximum Gasteiger partial charge on any atom is 0.304 e. The summed E-state index contributed by atoms with van der Waals surface area (Å²) < 4.78 is 5.36. The Morgan fingerprint density at radius 1 is 1.28 bits per heavy atom. The summed E-state index contributed by atoms with van der Waals surface area (Å²) in [5, 5.41) is 13.2. The lowest BCUT2D eigenvalue weighted by Gasteiger charge is -2.21. The van der Waals surface area contributed by atoms with E-state index < -0.39 is 5.97 Å². The summed E-state index contributed by atoms with van der Waals surface area (Å²) in [4.78, 5) is 19.8. The van der Waals surface area contributed by atoms with Crippen LogP contribution in [0.4, 0.5) is 0 Å². The number of nitrogens with zero attached hydrogens (tertiary/aromatic N) is 3. The molecule has 134 valence electrons. The van der Waals surface area contributed by atoms with Gasteiger partial charge in [0.05, 0.1) is 6.42 Å². The van der Waals surface area contributed by atoms with Crippen molar-refractivity contribution >= 4 is 5.97 Å². The first-order valence-electron chi connectivity index (χ1n) is 9.19. The lowest BCUT2D eigenvalue weighted by Crippen LogP contribution is -2.10. The standard InChI is InChI=1S/C19H25N3O3/c23-17(24)13-15(10-6-9-14-7-2-1-3-8-14)19-21-18(22-25-19)16-11-4-5-12-20-16/h4-5,11-12,14-15H,1-3,6-10,13H2,(H,23,24). The van der Waals surface area contributed by atoms with Crippen LogP contribution in [0, 0.1) is 5.92 Å². The smallest absolute Gasteiger partial charge is 0.304 e. The van der Waals surface area contributed by atoms with Gasteiger partial charge in [-0.25, -0.2) is 0 Å². The molecule has 0 bridgehead atoms. The Balaban J connectivity index is 1.62. The lowest BCUT2D eigenvalue weighted by molar-refractivity contribution is -0.137. The summed E-state index contributed by atoms with van der Waals surface area (Å²) in [6.45, 7) is 0. The average Bonchev–Trinajstić information content (AvgIpc) is 3.12. The minimum absolute atomic E-state index is 0.0223. The van der Waals surface area contributed by atoms with Gasteiger partial charge in [0.2, 0.25) is 11.7 Å². The summed E-state index contributed by atoms with van der Waals surface area (Å²) in [6.07, 6.45) is 11.3. The van der Waals surface area contributed by atoms with E-state index in [4.69, 9.17) is 4.52 Å². The highest BCUT2D eigenvalue weighted by Gasteiger charge is 2.23. The van der Waals surface area contributed by atoms with Gasteiger partial charge in [-0.3, -0.25) is 9.78 Å². The monoisotopic (exact) mass is 343 g/mol. The van der Waals surface area contributed by atoms with Crippen LogP contribution in [0.1, 0.15) is 69.6 Å². The normalized spacial score (nSPS) is 16.6. The van der Waals surface area contributed by atoms with Gasteiger partial charge in [0, 0.05) is 12.1 Å². The zero-order chi connectivity index (χ0) is 17.5. The van der Waals surface area contributed by atoms with Crippen molar-refractivity contribution < 1.29 is 14.4 Å². The van der Waals surface area contributed by atoms with Crippen molar-refractivity contribution in [3.8, 4) is 11.5 Å². The Kier molecular flexibility index (Phi) is 6.14. The van der Waals surface area contributed by atoms with Crippen molar-refractivity contribution in [2.75, 3.05) is 0 Å². The van der Waals surface area contributed by atoms with Gasteiger partial charge >= 0.3 is 5.97 Å². The Morgan fingerprint density at radius 2 is 2.12 bits per heavy atom. The quantitative estimate of drug-likeness (QED) is 0.762. The highest BCUT2D eigenvalue weighted by Crippen LogP contribution is 2.31. The molecule has 1 N–H and O–H groups in total. The number of carbonyl (C=O) groups is 1. The molecule has 3 rings (SSSR count). The first-order chi connectivity index (χ1) is 12.2. The summed E-state index contributed by atoms with van der Waals surface area (Å²) in [6, 6.07) is 5.49. The van der Waals surface area contributed by atoms with E-state index in [1.165, 1.54) is 32.1 Å². The van der Waals surface area contributed by atoms with Crippen LogP contribution in [-0.4, -0.2) is 26.2 Å². The predicted octanol–water partition coefficient (Wildman–Crippen LogP) is 4.44. The Labute approximate surface area is 147 Å². The van der Waals surface area contributed by atoms with E-state index in [9.17, 15) is 9.90 Å². The molecule has 0 amide bonds. The lowest BCUT2D eigenvalue weighted by atomic mass is 9.84. The highest BCUT2D eigenvalue weighted by atomic mass is 16.5. The molecule has 2 aromatic heterocycles. The molecule has 25 heavy (non-hydrogen) atoms. The maximum absolute atomic E-state index is 11.2. The van der Waals surface area contributed by atoms with E-state index in [2.05, 4.69) is 15.1 Å². The number of rotatable bonds is 8. The van der Waals surface area contributed by atoms with E-state index in [0.717, 1.165) is 25.2 Å². The molecular weight excluding hydrogens is 318 g/mol. The third kappa shape index (κ3) is 5.11. The molecule has 0 spiro atoms. The summed E-state index contributed by atoms with van der Waals surface area (Å²) >= 11 is 0. The molecule has 0 aromatic carbocycles. The average molecular weight is 343 g/mol. The van der Waals surface area contributed by atoms with Crippen molar-refractivity contribution in [2.24, 2.45) is 5.92 Å². The van der Waals surface area contributed by atoms with Gasteiger partial charge in [0.25, 0.3) is 0 Å². The van der Waals surface area contributed by atoms with E-state index in [1.54, 1.807) is 6.20 Å². The minimum atomic E-state index is -0.833. The Hall–Kier alpha value is -2.24. The van der Waals surface area contributed by atoms with Crippen LogP contribution in [0.2, 0.25) is 0 Å². The number of aliphatic carboxylic acids is 1. The van der Waals surface area contributed by atoms with Crippen molar-refractivity contribution in [3.05, 3.63) is 30.3 Å². The molecule has 1 fully saturated rings. The van der Waals surface area contributed by atoms with Crippen molar-refractivity contribution in [2.45, 2.75) is 63.7 Å². The van der Waals surface area contributed by atoms with Crippen LogP contribution in [-0.2, 0) is 4.79 Å². The third-order valence-corrected chi connectivity index (χ3v) is 5.00. The Bertz CT molecular complexity index is 666. The van der Waals surface area contributed by atoms with Crippen LogP contribution >= 0.6 is 0 Å². The van der Waals surface area contributed by atoms with E-state index in [0.29, 0.717) is 17.4 Å². The van der Waals surface area contributed by atoms with Crippen molar-refractivity contribution in [1.29, 1.82) is 0 Å². The SMILES string of the molecule is O=C(O)CC(CCCC1CCCCC1)c1nc(-c2ccccn2)no1.